The molecule has 5 aromatic carbocycles. The average molecular weight is 547 g/mol. The van der Waals surface area contributed by atoms with Crippen LogP contribution in [0.4, 0.5) is 11.4 Å². The number of benzene rings is 5. The second-order valence-electron chi connectivity index (χ2n) is 8.79. The summed E-state index contributed by atoms with van der Waals surface area (Å²) in [5.41, 5.74) is 2.34. The van der Waals surface area contributed by atoms with Crippen LogP contribution in [0.5, 0.6) is 23.0 Å². The van der Waals surface area contributed by atoms with Crippen molar-refractivity contribution < 1.29 is 19.3 Å². The largest absolute Gasteiger partial charge is 0.457 e. The van der Waals surface area contributed by atoms with Gasteiger partial charge in [-0.2, -0.15) is 0 Å². The quantitative estimate of drug-likeness (QED) is 0.104. The molecule has 0 unspecified atom stereocenters. The van der Waals surface area contributed by atoms with Gasteiger partial charge in [-0.1, -0.05) is 59.8 Å². The van der Waals surface area contributed by atoms with Crippen LogP contribution in [0.3, 0.4) is 0 Å². The fourth-order valence-electron chi connectivity index (χ4n) is 4.06. The molecule has 0 aliphatic carbocycles. The van der Waals surface area contributed by atoms with E-state index < -0.39 is 9.85 Å². The summed E-state index contributed by atoms with van der Waals surface area (Å²) >= 11 is 0. The van der Waals surface area contributed by atoms with Crippen LogP contribution in [-0.4, -0.2) is 19.4 Å². The van der Waals surface area contributed by atoms with E-state index in [0.29, 0.717) is 32.5 Å². The number of hydrogen-bond donors (Lipinski definition) is 0. The molecule has 0 heterocycles. The molecule has 0 saturated carbocycles. The Hall–Kier alpha value is -5.28. The van der Waals surface area contributed by atoms with Crippen LogP contribution >= 0.6 is 0 Å². The molecule has 5 rings (SSSR count). The highest BCUT2D eigenvalue weighted by atomic mass is 28.2. The lowest BCUT2D eigenvalue weighted by Gasteiger charge is -2.19. The Morgan fingerprint density at radius 3 is 1.20 bits per heavy atom. The van der Waals surface area contributed by atoms with Gasteiger partial charge in [0.2, 0.25) is 0 Å². The van der Waals surface area contributed by atoms with Crippen molar-refractivity contribution in [1.29, 1.82) is 0 Å². The zero-order valence-electron chi connectivity index (χ0n) is 21.0. The maximum atomic E-state index is 10.9. The molecule has 0 fully saturated rings. The van der Waals surface area contributed by atoms with Crippen LogP contribution in [0.1, 0.15) is 16.7 Å². The van der Waals surface area contributed by atoms with Crippen molar-refractivity contribution in [2.24, 2.45) is 0 Å². The third-order valence-electron chi connectivity index (χ3n) is 6.08. The van der Waals surface area contributed by atoms with E-state index in [9.17, 15) is 20.2 Å². The van der Waals surface area contributed by atoms with Crippen molar-refractivity contribution in [3.05, 3.63) is 159 Å². The second kappa shape index (κ2) is 12.1. The van der Waals surface area contributed by atoms with Crippen molar-refractivity contribution in [3.63, 3.8) is 0 Å². The van der Waals surface area contributed by atoms with Gasteiger partial charge in [-0.15, -0.1) is 0 Å². The summed E-state index contributed by atoms with van der Waals surface area (Å²) < 4.78 is 11.8. The van der Waals surface area contributed by atoms with Crippen LogP contribution in [0.25, 0.3) is 0 Å². The van der Waals surface area contributed by atoms with E-state index in [0.717, 1.165) is 11.1 Å². The molecule has 5 aromatic rings. The fraction of sp³-hybridized carbons (Fsp3) is 0.0323. The lowest BCUT2D eigenvalue weighted by Crippen LogP contribution is -2.22. The van der Waals surface area contributed by atoms with Gasteiger partial charge in [0, 0.05) is 29.8 Å². The number of rotatable bonds is 10. The normalized spacial score (nSPS) is 10.7. The Balaban J connectivity index is 1.35. The molecule has 196 valence electrons. The van der Waals surface area contributed by atoms with E-state index >= 15 is 0 Å². The number of nitro benzene ring substituents is 2. The summed E-state index contributed by atoms with van der Waals surface area (Å²) in [6.45, 7) is 0. The van der Waals surface area contributed by atoms with Gasteiger partial charge >= 0.3 is 0 Å². The predicted molar refractivity (Wildman–Crippen MR) is 153 cm³/mol. The topological polar surface area (TPSA) is 105 Å². The Bertz CT molecular complexity index is 1490. The van der Waals surface area contributed by atoms with Gasteiger partial charge < -0.3 is 9.47 Å². The van der Waals surface area contributed by atoms with Crippen molar-refractivity contribution in [2.75, 3.05) is 0 Å². The Labute approximate surface area is 232 Å². The minimum Gasteiger partial charge on any atom is -0.457 e. The fourth-order valence-corrected chi connectivity index (χ4v) is 5.50. The van der Waals surface area contributed by atoms with Gasteiger partial charge in [-0.05, 0) is 59.7 Å². The minimum absolute atomic E-state index is 0.0107. The number of nitrogens with zero attached hydrogens (tertiary/aromatic N) is 2. The van der Waals surface area contributed by atoms with E-state index in [4.69, 9.17) is 9.47 Å². The van der Waals surface area contributed by atoms with Crippen LogP contribution < -0.4 is 14.7 Å². The number of non-ortho nitro benzene ring substituents is 2. The first kappa shape index (κ1) is 26.3. The summed E-state index contributed by atoms with van der Waals surface area (Å²) in [5.74, 6) is 2.30. The van der Waals surface area contributed by atoms with E-state index in [1.54, 1.807) is 24.3 Å². The molecule has 0 atom stereocenters. The van der Waals surface area contributed by atoms with Crippen molar-refractivity contribution >= 4 is 26.1 Å². The third-order valence-corrected chi connectivity index (χ3v) is 7.70. The van der Waals surface area contributed by atoms with Crippen LogP contribution in [0.2, 0.25) is 0 Å². The Morgan fingerprint density at radius 1 is 0.500 bits per heavy atom. The smallest absolute Gasteiger partial charge is 0.269 e. The van der Waals surface area contributed by atoms with Gasteiger partial charge in [-0.3, -0.25) is 20.2 Å². The van der Waals surface area contributed by atoms with Gasteiger partial charge in [-0.25, -0.2) is 0 Å². The molecule has 8 nitrogen and oxygen atoms in total. The third kappa shape index (κ3) is 6.58. The second-order valence-corrected chi connectivity index (χ2v) is 10.2. The lowest BCUT2D eigenvalue weighted by molar-refractivity contribution is -0.385. The summed E-state index contributed by atoms with van der Waals surface area (Å²) in [7, 11) is 0.474. The average Bonchev–Trinajstić information content (AvgIpc) is 2.98. The molecule has 40 heavy (non-hydrogen) atoms. The molecule has 0 saturated heterocycles. The number of hydrogen-bond acceptors (Lipinski definition) is 6. The van der Waals surface area contributed by atoms with Crippen LogP contribution in [0, 0.1) is 20.2 Å². The molecular weight excluding hydrogens is 524 g/mol. The maximum Gasteiger partial charge on any atom is 0.269 e. The summed E-state index contributed by atoms with van der Waals surface area (Å²) in [5, 5.41) is 23.0. The Kier molecular flexibility index (Phi) is 7.93. The van der Waals surface area contributed by atoms with Crippen LogP contribution in [-0.2, 0) is 0 Å². The first-order valence-electron chi connectivity index (χ1n) is 12.3. The maximum absolute atomic E-state index is 10.9. The monoisotopic (exact) mass is 546 g/mol. The molecule has 0 bridgehead atoms. The van der Waals surface area contributed by atoms with E-state index in [-0.39, 0.29) is 16.9 Å². The van der Waals surface area contributed by atoms with Crippen molar-refractivity contribution in [1.82, 2.24) is 0 Å². The molecule has 9 heteroatoms. The summed E-state index contributed by atoms with van der Waals surface area (Å²) in [6.07, 6.45) is 0. The van der Waals surface area contributed by atoms with Crippen LogP contribution in [0.15, 0.2) is 127 Å². The molecule has 0 amide bonds. The number of ether oxygens (including phenoxy) is 2. The molecule has 0 aliphatic rings. The first-order valence-corrected chi connectivity index (χ1v) is 13.4. The highest BCUT2D eigenvalue weighted by Gasteiger charge is 2.17. The molecule has 0 aliphatic heterocycles. The zero-order chi connectivity index (χ0) is 27.9. The molecule has 0 spiro atoms. The Morgan fingerprint density at radius 2 is 0.850 bits per heavy atom. The van der Waals surface area contributed by atoms with E-state index in [1.807, 2.05) is 66.7 Å². The van der Waals surface area contributed by atoms with Crippen molar-refractivity contribution in [3.8, 4) is 23.0 Å². The first-order chi connectivity index (χ1) is 19.4. The SMILES string of the molecule is O=[N+]([O-])c1ccc(Oc2ccc(C([Si]c3ccccc3)c3ccc(Oc4ccc([N+](=O)[O-])cc4)cc3)cc2)cc1. The minimum atomic E-state index is -0.444. The highest BCUT2D eigenvalue weighted by Crippen LogP contribution is 2.31. The van der Waals surface area contributed by atoms with Gasteiger partial charge in [0.05, 0.1) is 19.4 Å². The molecule has 0 aromatic heterocycles. The molecule has 0 N–H and O–H groups in total. The zero-order valence-corrected chi connectivity index (χ0v) is 22.0. The standard InChI is InChI=1S/C31H22N2O6Si/c34-32(35)24-10-18-28(19-11-24)38-26-14-6-22(7-15-26)31(40-30-4-2-1-3-5-30)23-8-16-27(17-9-23)39-29-20-12-25(13-21-29)33(36)37/h1-21,31H. The highest BCUT2D eigenvalue weighted by molar-refractivity contribution is 6.55. The van der Waals surface area contributed by atoms with E-state index in [1.165, 1.54) is 29.5 Å². The summed E-state index contributed by atoms with van der Waals surface area (Å²) in [6, 6.07) is 37.9. The van der Waals surface area contributed by atoms with Gasteiger partial charge in [0.1, 0.15) is 23.0 Å². The van der Waals surface area contributed by atoms with E-state index in [2.05, 4.69) is 12.1 Å². The lowest BCUT2D eigenvalue weighted by atomic mass is 10.0. The molecular formula is C31H22N2O6Si. The molecule has 2 radical (unpaired) electrons. The predicted octanol–water partition coefficient (Wildman–Crippen LogP) is 7.21. The number of nitro groups is 2. The van der Waals surface area contributed by atoms with Gasteiger partial charge in [0.15, 0.2) is 0 Å². The van der Waals surface area contributed by atoms with Crippen molar-refractivity contribution in [2.45, 2.75) is 5.54 Å². The van der Waals surface area contributed by atoms with Gasteiger partial charge in [0.25, 0.3) is 11.4 Å². The summed E-state index contributed by atoms with van der Waals surface area (Å²) in [4.78, 5) is 20.9.